The number of aromatic nitrogens is 1. The molecule has 162 valence electrons. The lowest BCUT2D eigenvalue weighted by Gasteiger charge is -2.21. The third-order valence-electron chi connectivity index (χ3n) is 3.71. The summed E-state index contributed by atoms with van der Waals surface area (Å²) in [5.74, 6) is 0.516. The molecule has 5 nitrogen and oxygen atoms in total. The van der Waals surface area contributed by atoms with E-state index in [4.69, 9.17) is 28.6 Å². The summed E-state index contributed by atoms with van der Waals surface area (Å²) in [6.45, 7) is 7.74. The molecule has 0 radical (unpaired) electrons. The van der Waals surface area contributed by atoms with Crippen LogP contribution in [-0.4, -0.2) is 21.3 Å². The molecular formula is C20H22ClF3N4OS. The van der Waals surface area contributed by atoms with Crippen LogP contribution >= 0.6 is 23.8 Å². The van der Waals surface area contributed by atoms with Crippen LogP contribution in [0.2, 0.25) is 5.02 Å². The van der Waals surface area contributed by atoms with E-state index in [1.807, 2.05) is 27.7 Å². The highest BCUT2D eigenvalue weighted by Gasteiger charge is 2.31. The highest BCUT2D eigenvalue weighted by atomic mass is 35.5. The van der Waals surface area contributed by atoms with Crippen LogP contribution in [0, 0.1) is 0 Å². The van der Waals surface area contributed by atoms with Crippen molar-refractivity contribution in [2.75, 3.05) is 0 Å². The van der Waals surface area contributed by atoms with E-state index in [-0.39, 0.29) is 22.9 Å². The van der Waals surface area contributed by atoms with Crippen LogP contribution in [-0.2, 0) is 12.8 Å². The zero-order valence-electron chi connectivity index (χ0n) is 16.9. The molecule has 0 saturated carbocycles. The maximum absolute atomic E-state index is 12.7. The fourth-order valence-electron chi connectivity index (χ4n) is 2.24. The topological polar surface area (TPSA) is 58.5 Å². The molecular weight excluding hydrogens is 437 g/mol. The van der Waals surface area contributed by atoms with Gasteiger partial charge in [-0.3, -0.25) is 10.4 Å². The number of nitrogens with one attached hydrogen (secondary N) is 2. The summed E-state index contributed by atoms with van der Waals surface area (Å²) in [4.78, 5) is 3.75. The number of ether oxygens (including phenoxy) is 1. The number of benzene rings is 1. The molecule has 0 bridgehead atoms. The second-order valence-corrected chi connectivity index (χ2v) is 8.29. The van der Waals surface area contributed by atoms with Crippen molar-refractivity contribution in [2.24, 2.45) is 5.10 Å². The van der Waals surface area contributed by atoms with Gasteiger partial charge in [0.25, 0.3) is 0 Å². The van der Waals surface area contributed by atoms with Crippen molar-refractivity contribution in [3.8, 4) is 5.75 Å². The van der Waals surface area contributed by atoms with Crippen LogP contribution in [0.4, 0.5) is 13.2 Å². The molecule has 2 aromatic rings. The largest absolute Gasteiger partial charge is 0.487 e. The molecule has 0 saturated heterocycles. The fourth-order valence-corrected chi connectivity index (χ4v) is 2.81. The van der Waals surface area contributed by atoms with Gasteiger partial charge in [0.2, 0.25) is 0 Å². The lowest BCUT2D eigenvalue weighted by molar-refractivity contribution is -0.137. The zero-order valence-corrected chi connectivity index (χ0v) is 18.5. The van der Waals surface area contributed by atoms with Gasteiger partial charge >= 0.3 is 6.18 Å². The monoisotopic (exact) mass is 458 g/mol. The van der Waals surface area contributed by atoms with Crippen molar-refractivity contribution < 1.29 is 17.9 Å². The first kappa shape index (κ1) is 23.9. The van der Waals surface area contributed by atoms with E-state index >= 15 is 0 Å². The van der Waals surface area contributed by atoms with Gasteiger partial charge in [-0.1, -0.05) is 11.6 Å². The molecule has 0 atom stereocenters. The first-order valence-corrected chi connectivity index (χ1v) is 9.71. The molecule has 10 heteroatoms. The molecule has 0 aliphatic heterocycles. The minimum absolute atomic E-state index is 0.0578. The molecule has 2 rings (SSSR count). The first-order chi connectivity index (χ1) is 13.8. The number of rotatable bonds is 5. The number of hydrogen-bond acceptors (Lipinski definition) is 4. The van der Waals surface area contributed by atoms with Crippen LogP contribution in [0.3, 0.4) is 0 Å². The summed E-state index contributed by atoms with van der Waals surface area (Å²) < 4.78 is 43.6. The Labute approximate surface area is 183 Å². The van der Waals surface area contributed by atoms with E-state index in [0.717, 1.165) is 17.8 Å². The van der Waals surface area contributed by atoms with Gasteiger partial charge < -0.3 is 10.1 Å². The third-order valence-corrected chi connectivity index (χ3v) is 4.23. The number of alkyl halides is 3. The molecule has 0 unspecified atom stereocenters. The van der Waals surface area contributed by atoms with Crippen molar-refractivity contribution in [3.05, 3.63) is 58.4 Å². The lowest BCUT2D eigenvalue weighted by atomic mass is 10.1. The SMILES string of the molecule is CC(=NNC(=S)NC(C)(C)C)c1ccc(OCc2ncc(C(F)(F)F)cc2Cl)cc1. The predicted octanol–water partition coefficient (Wildman–Crippen LogP) is 5.32. The smallest absolute Gasteiger partial charge is 0.417 e. The number of pyridine rings is 1. The molecule has 0 spiro atoms. The summed E-state index contributed by atoms with van der Waals surface area (Å²) in [7, 11) is 0. The predicted molar refractivity (Wildman–Crippen MR) is 116 cm³/mol. The summed E-state index contributed by atoms with van der Waals surface area (Å²) in [6.07, 6.45) is -3.76. The van der Waals surface area contributed by atoms with E-state index in [2.05, 4.69) is 20.8 Å². The van der Waals surface area contributed by atoms with Crippen molar-refractivity contribution >= 4 is 34.6 Å². The van der Waals surface area contributed by atoms with Gasteiger partial charge in [-0.2, -0.15) is 18.3 Å². The minimum Gasteiger partial charge on any atom is -0.487 e. The standard InChI is InChI=1S/C20H22ClF3N4OS/c1-12(27-28-18(30)26-19(2,3)4)13-5-7-15(8-6-13)29-11-17-16(21)9-14(10-25-17)20(22,23)24/h5-10H,11H2,1-4H3,(H2,26,28,30). The van der Waals surface area contributed by atoms with Gasteiger partial charge in [-0.05, 0) is 75.8 Å². The molecule has 1 aromatic carbocycles. The average Bonchev–Trinajstić information content (AvgIpc) is 2.63. The molecule has 1 heterocycles. The number of halogens is 4. The second-order valence-electron chi connectivity index (χ2n) is 7.48. The Balaban J connectivity index is 1.96. The summed E-state index contributed by atoms with van der Waals surface area (Å²) in [5, 5.41) is 7.66. The zero-order chi connectivity index (χ0) is 22.5. The van der Waals surface area contributed by atoms with Crippen molar-refractivity contribution in [1.29, 1.82) is 0 Å². The Morgan fingerprint density at radius 2 is 1.83 bits per heavy atom. The summed E-state index contributed by atoms with van der Waals surface area (Å²) in [5.41, 5.74) is 3.50. The summed E-state index contributed by atoms with van der Waals surface area (Å²) >= 11 is 11.1. The first-order valence-electron chi connectivity index (χ1n) is 8.92. The maximum Gasteiger partial charge on any atom is 0.417 e. The van der Waals surface area contributed by atoms with Crippen LogP contribution in [0.15, 0.2) is 41.6 Å². The molecule has 0 amide bonds. The Kier molecular flexibility index (Phi) is 7.65. The Morgan fingerprint density at radius 1 is 1.20 bits per heavy atom. The van der Waals surface area contributed by atoms with Gasteiger partial charge in [0.15, 0.2) is 5.11 Å². The van der Waals surface area contributed by atoms with Crippen LogP contribution in [0.1, 0.15) is 44.5 Å². The van der Waals surface area contributed by atoms with E-state index < -0.39 is 11.7 Å². The van der Waals surface area contributed by atoms with E-state index in [1.165, 1.54) is 0 Å². The van der Waals surface area contributed by atoms with Crippen molar-refractivity contribution in [2.45, 2.75) is 46.0 Å². The van der Waals surface area contributed by atoms with Crippen LogP contribution in [0.25, 0.3) is 0 Å². The maximum atomic E-state index is 12.7. The Hall–Kier alpha value is -2.39. The second kappa shape index (κ2) is 9.61. The Bertz CT molecular complexity index is 925. The summed E-state index contributed by atoms with van der Waals surface area (Å²) in [6, 6.07) is 7.88. The quantitative estimate of drug-likeness (QED) is 0.361. The number of hydrazone groups is 1. The highest BCUT2D eigenvalue weighted by molar-refractivity contribution is 7.80. The number of nitrogens with zero attached hydrogens (tertiary/aromatic N) is 2. The van der Waals surface area contributed by atoms with Gasteiger partial charge in [0.05, 0.1) is 22.0 Å². The number of hydrogen-bond donors (Lipinski definition) is 2. The molecule has 0 aliphatic rings. The molecule has 30 heavy (non-hydrogen) atoms. The molecule has 1 aromatic heterocycles. The van der Waals surface area contributed by atoms with E-state index in [0.29, 0.717) is 16.6 Å². The van der Waals surface area contributed by atoms with Gasteiger partial charge in [-0.15, -0.1) is 0 Å². The number of thiocarbonyl (C=S) groups is 1. The van der Waals surface area contributed by atoms with Crippen molar-refractivity contribution in [1.82, 2.24) is 15.7 Å². The fraction of sp³-hybridized carbons (Fsp3) is 0.350. The van der Waals surface area contributed by atoms with Gasteiger partial charge in [-0.25, -0.2) is 0 Å². The highest BCUT2D eigenvalue weighted by Crippen LogP contribution is 2.31. The van der Waals surface area contributed by atoms with E-state index in [9.17, 15) is 13.2 Å². The minimum atomic E-state index is -4.49. The van der Waals surface area contributed by atoms with Gasteiger partial charge in [0.1, 0.15) is 12.4 Å². The van der Waals surface area contributed by atoms with Gasteiger partial charge in [0, 0.05) is 11.7 Å². The van der Waals surface area contributed by atoms with Crippen molar-refractivity contribution in [3.63, 3.8) is 0 Å². The molecule has 2 N–H and O–H groups in total. The van der Waals surface area contributed by atoms with Crippen LogP contribution < -0.4 is 15.5 Å². The van der Waals surface area contributed by atoms with Crippen LogP contribution in [0.5, 0.6) is 5.75 Å². The van der Waals surface area contributed by atoms with E-state index in [1.54, 1.807) is 24.3 Å². The molecule has 0 fully saturated rings. The molecule has 0 aliphatic carbocycles. The third kappa shape index (κ3) is 7.46. The average molecular weight is 459 g/mol. The Morgan fingerprint density at radius 3 is 2.37 bits per heavy atom. The lowest BCUT2D eigenvalue weighted by Crippen LogP contribution is -2.44. The normalized spacial score (nSPS) is 12.5.